The number of aliphatic hydroxyl groups excluding tert-OH is 1. The zero-order valence-corrected chi connectivity index (χ0v) is 9.16. The van der Waals surface area contributed by atoms with Gasteiger partial charge in [-0.15, -0.1) is 0 Å². The van der Waals surface area contributed by atoms with Crippen molar-refractivity contribution in [1.82, 2.24) is 5.32 Å². The number of rotatable bonds is 5. The van der Waals surface area contributed by atoms with Crippen molar-refractivity contribution in [2.45, 2.75) is 37.3 Å². The van der Waals surface area contributed by atoms with Gasteiger partial charge in [0.1, 0.15) is 6.04 Å². The molecule has 5 heteroatoms. The van der Waals surface area contributed by atoms with Gasteiger partial charge in [-0.25, -0.2) is 0 Å². The number of carbonyl (C=O) groups excluding carboxylic acids is 1. The van der Waals surface area contributed by atoms with Crippen LogP contribution >= 0.6 is 0 Å². The molecule has 0 bridgehead atoms. The van der Waals surface area contributed by atoms with Crippen molar-refractivity contribution >= 4 is 5.91 Å². The van der Waals surface area contributed by atoms with E-state index < -0.39 is 11.6 Å². The van der Waals surface area contributed by atoms with E-state index in [4.69, 9.17) is 10.5 Å². The van der Waals surface area contributed by atoms with Crippen LogP contribution in [0, 0.1) is 0 Å². The molecule has 0 saturated heterocycles. The minimum Gasteiger partial charge on any atom is -0.394 e. The number of methoxy groups -OCH3 is 1. The van der Waals surface area contributed by atoms with Crippen LogP contribution in [0.4, 0.5) is 0 Å². The van der Waals surface area contributed by atoms with E-state index in [0.717, 1.165) is 25.7 Å². The Morgan fingerprint density at radius 1 is 1.60 bits per heavy atom. The molecule has 0 spiro atoms. The van der Waals surface area contributed by atoms with Gasteiger partial charge in [-0.1, -0.05) is 12.8 Å². The molecular formula is C10H20N2O3. The smallest absolute Gasteiger partial charge is 0.239 e. The molecule has 1 fully saturated rings. The summed E-state index contributed by atoms with van der Waals surface area (Å²) in [4.78, 5) is 11.6. The van der Waals surface area contributed by atoms with Crippen molar-refractivity contribution in [3.05, 3.63) is 0 Å². The Balaban J connectivity index is 2.48. The van der Waals surface area contributed by atoms with Gasteiger partial charge in [0.15, 0.2) is 0 Å². The number of hydrogen-bond donors (Lipinski definition) is 3. The highest BCUT2D eigenvalue weighted by atomic mass is 16.5. The average molecular weight is 216 g/mol. The van der Waals surface area contributed by atoms with E-state index in [0.29, 0.717) is 0 Å². The number of amides is 1. The van der Waals surface area contributed by atoms with Crippen molar-refractivity contribution in [3.8, 4) is 0 Å². The summed E-state index contributed by atoms with van der Waals surface area (Å²) in [6, 6.07) is -0.654. The molecule has 1 unspecified atom stereocenters. The number of carbonyl (C=O) groups is 1. The van der Waals surface area contributed by atoms with Crippen LogP contribution in [0.5, 0.6) is 0 Å². The lowest BCUT2D eigenvalue weighted by atomic mass is 9.98. The van der Waals surface area contributed by atoms with Gasteiger partial charge in [-0.3, -0.25) is 4.79 Å². The second kappa shape index (κ2) is 5.44. The lowest BCUT2D eigenvalue weighted by Crippen LogP contribution is -2.55. The van der Waals surface area contributed by atoms with Gasteiger partial charge in [-0.2, -0.15) is 0 Å². The quantitative estimate of drug-likeness (QED) is 0.572. The van der Waals surface area contributed by atoms with Crippen molar-refractivity contribution in [2.75, 3.05) is 20.3 Å². The van der Waals surface area contributed by atoms with Crippen molar-refractivity contribution in [1.29, 1.82) is 0 Å². The Morgan fingerprint density at radius 2 is 2.20 bits per heavy atom. The third-order valence-electron chi connectivity index (χ3n) is 2.93. The average Bonchev–Trinajstić information content (AvgIpc) is 2.67. The van der Waals surface area contributed by atoms with Gasteiger partial charge in [0.05, 0.1) is 18.8 Å². The lowest BCUT2D eigenvalue weighted by molar-refractivity contribution is -0.126. The molecule has 1 aliphatic rings. The molecule has 5 nitrogen and oxygen atoms in total. The van der Waals surface area contributed by atoms with E-state index in [9.17, 15) is 9.90 Å². The second-order valence-electron chi connectivity index (χ2n) is 4.20. The highest BCUT2D eigenvalue weighted by molar-refractivity contribution is 5.82. The zero-order chi connectivity index (χ0) is 11.3. The summed E-state index contributed by atoms with van der Waals surface area (Å²) >= 11 is 0. The summed E-state index contributed by atoms with van der Waals surface area (Å²) in [5.41, 5.74) is 5.16. The van der Waals surface area contributed by atoms with Gasteiger partial charge < -0.3 is 20.9 Å². The highest BCUT2D eigenvalue weighted by Crippen LogP contribution is 2.28. The minimum absolute atomic E-state index is 0.0154. The number of hydrogen-bond acceptors (Lipinski definition) is 4. The predicted molar refractivity (Wildman–Crippen MR) is 56.3 cm³/mol. The number of aliphatic hydroxyl groups is 1. The normalized spacial score (nSPS) is 21.3. The maximum Gasteiger partial charge on any atom is 0.239 e. The topological polar surface area (TPSA) is 84.6 Å². The van der Waals surface area contributed by atoms with Crippen molar-refractivity contribution in [2.24, 2.45) is 5.73 Å². The minimum atomic E-state index is -0.654. The Kier molecular flexibility index (Phi) is 4.50. The first-order chi connectivity index (χ1) is 7.13. The van der Waals surface area contributed by atoms with Gasteiger partial charge in [-0.05, 0) is 12.8 Å². The number of ether oxygens (including phenoxy) is 1. The molecule has 0 aromatic heterocycles. The first-order valence-corrected chi connectivity index (χ1v) is 5.31. The van der Waals surface area contributed by atoms with E-state index >= 15 is 0 Å². The number of nitrogens with two attached hydrogens (primary N) is 1. The molecular weight excluding hydrogens is 196 g/mol. The Bertz CT molecular complexity index is 215. The molecule has 88 valence electrons. The molecule has 0 heterocycles. The molecule has 0 aliphatic heterocycles. The van der Waals surface area contributed by atoms with Crippen LogP contribution in [0.25, 0.3) is 0 Å². The molecule has 1 saturated carbocycles. The fraction of sp³-hybridized carbons (Fsp3) is 0.900. The van der Waals surface area contributed by atoms with E-state index in [-0.39, 0.29) is 19.1 Å². The SMILES string of the molecule is COCC(N)C(=O)NC1(CO)CCCC1. The summed E-state index contributed by atoms with van der Waals surface area (Å²) in [6.07, 6.45) is 3.74. The maximum atomic E-state index is 11.6. The van der Waals surface area contributed by atoms with Gasteiger partial charge in [0.25, 0.3) is 0 Å². The standard InChI is InChI=1S/C10H20N2O3/c1-15-6-8(11)9(14)12-10(7-13)4-2-3-5-10/h8,13H,2-7,11H2,1H3,(H,12,14). The molecule has 15 heavy (non-hydrogen) atoms. The molecule has 1 aliphatic carbocycles. The Hall–Kier alpha value is -0.650. The third-order valence-corrected chi connectivity index (χ3v) is 2.93. The summed E-state index contributed by atoms with van der Waals surface area (Å²) < 4.78 is 4.81. The molecule has 1 atom stereocenters. The van der Waals surface area contributed by atoms with Crippen LogP contribution in [0.1, 0.15) is 25.7 Å². The molecule has 0 aromatic carbocycles. The molecule has 4 N–H and O–H groups in total. The Morgan fingerprint density at radius 3 is 2.67 bits per heavy atom. The summed E-state index contributed by atoms with van der Waals surface area (Å²) in [5.74, 6) is -0.243. The molecule has 1 rings (SSSR count). The first kappa shape index (κ1) is 12.4. The largest absolute Gasteiger partial charge is 0.394 e. The maximum absolute atomic E-state index is 11.6. The van der Waals surface area contributed by atoms with Gasteiger partial charge >= 0.3 is 0 Å². The van der Waals surface area contributed by atoms with Crippen LogP contribution < -0.4 is 11.1 Å². The van der Waals surface area contributed by atoms with Crippen LogP contribution in [0.3, 0.4) is 0 Å². The first-order valence-electron chi connectivity index (χ1n) is 5.31. The van der Waals surface area contributed by atoms with E-state index in [1.807, 2.05) is 0 Å². The van der Waals surface area contributed by atoms with E-state index in [2.05, 4.69) is 5.32 Å². The molecule has 1 amide bonds. The third kappa shape index (κ3) is 3.15. The molecule has 0 aromatic rings. The van der Waals surface area contributed by atoms with Gasteiger partial charge in [0.2, 0.25) is 5.91 Å². The van der Waals surface area contributed by atoms with Crippen LogP contribution in [-0.2, 0) is 9.53 Å². The fourth-order valence-electron chi connectivity index (χ4n) is 1.98. The monoisotopic (exact) mass is 216 g/mol. The zero-order valence-electron chi connectivity index (χ0n) is 9.16. The van der Waals surface area contributed by atoms with Crippen LogP contribution in [0.2, 0.25) is 0 Å². The number of nitrogens with one attached hydrogen (secondary N) is 1. The summed E-state index contributed by atoms with van der Waals surface area (Å²) in [7, 11) is 1.50. The van der Waals surface area contributed by atoms with Gasteiger partial charge in [0, 0.05) is 7.11 Å². The fourth-order valence-corrected chi connectivity index (χ4v) is 1.98. The Labute approximate surface area is 90.0 Å². The van der Waals surface area contributed by atoms with Crippen LogP contribution in [0.15, 0.2) is 0 Å². The highest BCUT2D eigenvalue weighted by Gasteiger charge is 2.35. The summed E-state index contributed by atoms with van der Waals surface area (Å²) in [5, 5.41) is 12.1. The second-order valence-corrected chi connectivity index (χ2v) is 4.20. The van der Waals surface area contributed by atoms with E-state index in [1.165, 1.54) is 7.11 Å². The van der Waals surface area contributed by atoms with Crippen molar-refractivity contribution < 1.29 is 14.6 Å². The summed E-state index contributed by atoms with van der Waals surface area (Å²) in [6.45, 7) is 0.186. The van der Waals surface area contributed by atoms with E-state index in [1.54, 1.807) is 0 Å². The van der Waals surface area contributed by atoms with Crippen LogP contribution in [-0.4, -0.2) is 42.9 Å². The van der Waals surface area contributed by atoms with Crippen molar-refractivity contribution in [3.63, 3.8) is 0 Å². The molecule has 0 radical (unpaired) electrons. The lowest BCUT2D eigenvalue weighted by Gasteiger charge is -2.29. The predicted octanol–water partition coefficient (Wildman–Crippen LogP) is -0.619.